The fraction of sp³-hybridized carbons (Fsp3) is 0.136. The van der Waals surface area contributed by atoms with Crippen LogP contribution in [0.5, 0.6) is 0 Å². The van der Waals surface area contributed by atoms with Crippen LogP contribution in [0.2, 0.25) is 5.02 Å². The molecule has 5 nitrogen and oxygen atoms in total. The summed E-state index contributed by atoms with van der Waals surface area (Å²) in [5.74, 6) is 0. The van der Waals surface area contributed by atoms with Gasteiger partial charge in [-0.3, -0.25) is 0 Å². The third kappa shape index (κ3) is 5.60. The van der Waals surface area contributed by atoms with E-state index in [0.717, 1.165) is 12.1 Å². The normalized spacial score (nSPS) is 12.8. The predicted octanol–water partition coefficient (Wildman–Crippen LogP) is 6.54. The summed E-state index contributed by atoms with van der Waals surface area (Å²) in [4.78, 5) is 12.0. The van der Waals surface area contributed by atoms with Crippen LogP contribution in [0.4, 0.5) is 29.3 Å². The molecule has 0 aromatic heterocycles. The van der Waals surface area contributed by atoms with Gasteiger partial charge in [0.15, 0.2) is 9.84 Å². The first kappa shape index (κ1) is 23.6. The molecule has 3 rings (SSSR count). The lowest BCUT2D eigenvalue weighted by molar-refractivity contribution is -0.137. The van der Waals surface area contributed by atoms with Gasteiger partial charge in [0.05, 0.1) is 15.7 Å². The van der Waals surface area contributed by atoms with E-state index >= 15 is 0 Å². The summed E-state index contributed by atoms with van der Waals surface area (Å²) in [7, 11) is -3.96. The van der Waals surface area contributed by atoms with Crippen LogP contribution in [-0.4, -0.2) is 14.4 Å². The van der Waals surface area contributed by atoms with Gasteiger partial charge in [0.2, 0.25) is 0 Å². The molecule has 3 aromatic carbocycles. The van der Waals surface area contributed by atoms with Gasteiger partial charge in [0, 0.05) is 16.4 Å². The quantitative estimate of drug-likeness (QED) is 0.433. The maximum absolute atomic E-state index is 13.0. The minimum absolute atomic E-state index is 0.0305. The summed E-state index contributed by atoms with van der Waals surface area (Å²) in [6, 6.07) is 15.6. The highest BCUT2D eigenvalue weighted by atomic mass is 35.5. The number of alkyl halides is 3. The highest BCUT2D eigenvalue weighted by molar-refractivity contribution is 7.91. The van der Waals surface area contributed by atoms with Crippen LogP contribution in [0, 0.1) is 0 Å². The number of amides is 2. The van der Waals surface area contributed by atoms with Crippen molar-refractivity contribution in [1.82, 2.24) is 0 Å². The Hall–Kier alpha value is -3.04. The SMILES string of the molecule is CC(c1cccc(C(F)(F)F)c1)S(=O)(=O)c1ccc(NC(=O)Nc2cccc(Cl)c2)cc1. The summed E-state index contributed by atoms with van der Waals surface area (Å²) < 4.78 is 64.7. The van der Waals surface area contributed by atoms with Crippen LogP contribution in [0.15, 0.2) is 77.7 Å². The van der Waals surface area contributed by atoms with E-state index in [0.29, 0.717) is 16.4 Å². The minimum atomic E-state index is -4.57. The molecular weight excluding hydrogens is 465 g/mol. The number of benzene rings is 3. The molecule has 0 saturated carbocycles. The molecule has 0 aliphatic carbocycles. The zero-order valence-corrected chi connectivity index (χ0v) is 18.2. The second-order valence-corrected chi connectivity index (χ2v) is 9.63. The van der Waals surface area contributed by atoms with Gasteiger partial charge in [0.1, 0.15) is 0 Å². The van der Waals surface area contributed by atoms with Crippen LogP contribution < -0.4 is 10.6 Å². The maximum atomic E-state index is 13.0. The number of hydrogen-bond donors (Lipinski definition) is 2. The zero-order valence-electron chi connectivity index (χ0n) is 16.7. The molecule has 0 fully saturated rings. The van der Waals surface area contributed by atoms with Crippen molar-refractivity contribution < 1.29 is 26.4 Å². The molecule has 0 spiro atoms. The number of hydrogen-bond acceptors (Lipinski definition) is 3. The topological polar surface area (TPSA) is 75.3 Å². The van der Waals surface area contributed by atoms with Crippen molar-refractivity contribution in [3.63, 3.8) is 0 Å². The van der Waals surface area contributed by atoms with E-state index < -0.39 is 32.9 Å². The molecule has 2 N–H and O–H groups in total. The summed E-state index contributed by atoms with van der Waals surface area (Å²) in [5, 5.41) is 4.40. The fourth-order valence-electron chi connectivity index (χ4n) is 2.94. The van der Waals surface area contributed by atoms with Gasteiger partial charge >= 0.3 is 12.2 Å². The molecule has 168 valence electrons. The number of sulfone groups is 1. The molecule has 0 radical (unpaired) electrons. The summed E-state index contributed by atoms with van der Waals surface area (Å²) in [5.41, 5.74) is -0.0791. The molecule has 1 unspecified atom stereocenters. The van der Waals surface area contributed by atoms with Crippen molar-refractivity contribution >= 4 is 38.8 Å². The Labute approximate surface area is 188 Å². The number of nitrogens with one attached hydrogen (secondary N) is 2. The number of rotatable bonds is 5. The average Bonchev–Trinajstić information content (AvgIpc) is 2.73. The first-order chi connectivity index (χ1) is 15.0. The number of halogens is 4. The van der Waals surface area contributed by atoms with Crippen LogP contribution in [0.3, 0.4) is 0 Å². The van der Waals surface area contributed by atoms with E-state index in [1.165, 1.54) is 43.3 Å². The first-order valence-electron chi connectivity index (χ1n) is 9.31. The van der Waals surface area contributed by atoms with Crippen LogP contribution in [0.1, 0.15) is 23.3 Å². The Morgan fingerprint density at radius 2 is 1.53 bits per heavy atom. The van der Waals surface area contributed by atoms with Crippen LogP contribution in [0.25, 0.3) is 0 Å². The van der Waals surface area contributed by atoms with E-state index in [4.69, 9.17) is 11.6 Å². The monoisotopic (exact) mass is 482 g/mol. The second kappa shape index (κ2) is 9.22. The van der Waals surface area contributed by atoms with E-state index in [1.54, 1.807) is 24.3 Å². The summed E-state index contributed by atoms with van der Waals surface area (Å²) in [6.45, 7) is 1.33. The van der Waals surface area contributed by atoms with Gasteiger partial charge in [-0.05, 0) is 61.0 Å². The highest BCUT2D eigenvalue weighted by Gasteiger charge is 2.32. The van der Waals surface area contributed by atoms with Crippen molar-refractivity contribution in [3.8, 4) is 0 Å². The average molecular weight is 483 g/mol. The van der Waals surface area contributed by atoms with E-state index in [2.05, 4.69) is 10.6 Å². The smallest absolute Gasteiger partial charge is 0.308 e. The van der Waals surface area contributed by atoms with Crippen molar-refractivity contribution in [1.29, 1.82) is 0 Å². The van der Waals surface area contributed by atoms with E-state index in [9.17, 15) is 26.4 Å². The third-order valence-electron chi connectivity index (χ3n) is 4.67. The lowest BCUT2D eigenvalue weighted by Crippen LogP contribution is -2.19. The van der Waals surface area contributed by atoms with Crippen molar-refractivity contribution in [2.24, 2.45) is 0 Å². The van der Waals surface area contributed by atoms with Crippen molar-refractivity contribution in [3.05, 3.63) is 88.9 Å². The van der Waals surface area contributed by atoms with Crippen molar-refractivity contribution in [2.75, 3.05) is 10.6 Å². The second-order valence-electron chi connectivity index (χ2n) is 6.92. The summed E-state index contributed by atoms with van der Waals surface area (Å²) >= 11 is 5.86. The Balaban J connectivity index is 1.73. The van der Waals surface area contributed by atoms with Gasteiger partial charge < -0.3 is 10.6 Å². The zero-order chi connectivity index (χ0) is 23.5. The molecule has 0 saturated heterocycles. The molecule has 0 aliphatic heterocycles. The molecule has 0 aliphatic rings. The first-order valence-corrected chi connectivity index (χ1v) is 11.2. The standard InChI is InChI=1S/C22H18ClF3N2O3S/c1-14(15-4-2-5-16(12-15)22(24,25)26)32(30,31)20-10-8-18(9-11-20)27-21(29)28-19-7-3-6-17(23)13-19/h2-14H,1H3,(H2,27,28,29). The number of urea groups is 1. The van der Waals surface area contributed by atoms with Crippen molar-refractivity contribution in [2.45, 2.75) is 23.2 Å². The van der Waals surface area contributed by atoms with Gasteiger partial charge in [-0.15, -0.1) is 0 Å². The molecule has 10 heteroatoms. The van der Waals surface area contributed by atoms with Gasteiger partial charge in [-0.2, -0.15) is 13.2 Å². The largest absolute Gasteiger partial charge is 0.416 e. The molecular formula is C22H18ClF3N2O3S. The Morgan fingerprint density at radius 3 is 2.16 bits per heavy atom. The molecule has 0 heterocycles. The van der Waals surface area contributed by atoms with E-state index in [-0.39, 0.29) is 10.5 Å². The number of carbonyl (C=O) groups excluding carboxylic acids is 1. The minimum Gasteiger partial charge on any atom is -0.308 e. The number of anilines is 2. The van der Waals surface area contributed by atoms with Gasteiger partial charge in [-0.25, -0.2) is 13.2 Å². The third-order valence-corrected chi connectivity index (χ3v) is 7.04. The molecule has 2 amide bonds. The van der Waals surface area contributed by atoms with Gasteiger partial charge in [-0.1, -0.05) is 35.9 Å². The molecule has 32 heavy (non-hydrogen) atoms. The Kier molecular flexibility index (Phi) is 6.80. The van der Waals surface area contributed by atoms with Gasteiger partial charge in [0.25, 0.3) is 0 Å². The van der Waals surface area contributed by atoms with E-state index in [1.807, 2.05) is 0 Å². The Morgan fingerprint density at radius 1 is 0.906 bits per heavy atom. The molecule has 0 bridgehead atoms. The highest BCUT2D eigenvalue weighted by Crippen LogP contribution is 2.34. The maximum Gasteiger partial charge on any atom is 0.416 e. The predicted molar refractivity (Wildman–Crippen MR) is 118 cm³/mol. The summed E-state index contributed by atoms with van der Waals surface area (Å²) in [6.07, 6.45) is -4.57. The lowest BCUT2D eigenvalue weighted by Gasteiger charge is -2.16. The molecule has 1 atom stereocenters. The van der Waals surface area contributed by atoms with Crippen LogP contribution >= 0.6 is 11.6 Å². The van der Waals surface area contributed by atoms with Crippen LogP contribution in [-0.2, 0) is 16.0 Å². The number of carbonyl (C=O) groups is 1. The lowest BCUT2D eigenvalue weighted by atomic mass is 10.1. The molecule has 3 aromatic rings. The fourth-order valence-corrected chi connectivity index (χ4v) is 4.56. The Bertz CT molecular complexity index is 1230.